The molecule has 1 aromatic carbocycles. The number of morpholine rings is 1. The molecule has 1 aliphatic rings. The second-order valence-electron chi connectivity index (χ2n) is 4.92. The molecule has 21 heavy (non-hydrogen) atoms. The van der Waals surface area contributed by atoms with Crippen molar-refractivity contribution < 1.29 is 9.53 Å². The van der Waals surface area contributed by atoms with Crippen molar-refractivity contribution >= 4 is 18.3 Å². The molecule has 1 unspecified atom stereocenters. The van der Waals surface area contributed by atoms with Crippen LogP contribution in [0, 0.1) is 0 Å². The van der Waals surface area contributed by atoms with Gasteiger partial charge in [0.15, 0.2) is 0 Å². The van der Waals surface area contributed by atoms with Gasteiger partial charge in [0.1, 0.15) is 0 Å². The van der Waals surface area contributed by atoms with E-state index in [2.05, 4.69) is 22.3 Å². The molecule has 1 aliphatic heterocycles. The Kier molecular flexibility index (Phi) is 8.30. The third-order valence-corrected chi connectivity index (χ3v) is 3.53. The smallest absolute Gasteiger partial charge is 0.221 e. The number of nitrogens with two attached hydrogens (primary N) is 1. The fourth-order valence-corrected chi connectivity index (χ4v) is 2.45. The summed E-state index contributed by atoms with van der Waals surface area (Å²) < 4.78 is 5.40. The zero-order valence-corrected chi connectivity index (χ0v) is 13.0. The summed E-state index contributed by atoms with van der Waals surface area (Å²) in [6.45, 7) is 4.29. The molecule has 2 rings (SSSR count). The number of benzene rings is 1. The fourth-order valence-electron chi connectivity index (χ4n) is 2.45. The van der Waals surface area contributed by atoms with Crippen molar-refractivity contribution in [3.05, 3.63) is 35.9 Å². The highest BCUT2D eigenvalue weighted by atomic mass is 35.5. The second-order valence-corrected chi connectivity index (χ2v) is 4.92. The van der Waals surface area contributed by atoms with E-state index in [-0.39, 0.29) is 24.4 Å². The summed E-state index contributed by atoms with van der Waals surface area (Å²) in [4.78, 5) is 14.0. The van der Waals surface area contributed by atoms with Gasteiger partial charge in [-0.05, 0) is 5.56 Å². The zero-order chi connectivity index (χ0) is 14.2. The number of carbonyl (C=O) groups is 1. The minimum Gasteiger partial charge on any atom is -0.379 e. The number of hydrogen-bond donors (Lipinski definition) is 2. The minimum atomic E-state index is 0. The van der Waals surface area contributed by atoms with Gasteiger partial charge in [-0.25, -0.2) is 0 Å². The molecular formula is C15H24ClN3O2. The van der Waals surface area contributed by atoms with Crippen LogP contribution in [-0.4, -0.2) is 50.2 Å². The number of nitrogens with zero attached hydrogens (tertiary/aromatic N) is 1. The first-order valence-corrected chi connectivity index (χ1v) is 7.15. The van der Waals surface area contributed by atoms with Gasteiger partial charge in [0, 0.05) is 32.6 Å². The lowest BCUT2D eigenvalue weighted by Crippen LogP contribution is -2.44. The van der Waals surface area contributed by atoms with Gasteiger partial charge in [-0.15, -0.1) is 12.4 Å². The number of carbonyl (C=O) groups excluding carboxylic acids is 1. The third kappa shape index (κ3) is 5.63. The summed E-state index contributed by atoms with van der Waals surface area (Å²) in [6.07, 6.45) is 0.380. The molecule has 0 aliphatic carbocycles. The average molecular weight is 314 g/mol. The molecule has 0 radical (unpaired) electrons. The lowest BCUT2D eigenvalue weighted by atomic mass is 10.0. The number of rotatable bonds is 6. The topological polar surface area (TPSA) is 67.6 Å². The number of halogens is 1. The third-order valence-electron chi connectivity index (χ3n) is 3.53. The van der Waals surface area contributed by atoms with Gasteiger partial charge in [0.2, 0.25) is 5.91 Å². The van der Waals surface area contributed by atoms with Crippen LogP contribution in [0.4, 0.5) is 0 Å². The van der Waals surface area contributed by atoms with E-state index in [4.69, 9.17) is 10.5 Å². The van der Waals surface area contributed by atoms with E-state index in [0.717, 1.165) is 26.3 Å². The van der Waals surface area contributed by atoms with Crippen LogP contribution in [0.1, 0.15) is 18.0 Å². The predicted molar refractivity (Wildman–Crippen MR) is 85.5 cm³/mol. The van der Waals surface area contributed by atoms with Crippen molar-refractivity contribution in [3.8, 4) is 0 Å². The molecule has 5 nitrogen and oxygen atoms in total. The number of ether oxygens (including phenoxy) is 1. The Labute approximate surface area is 132 Å². The maximum atomic E-state index is 11.6. The number of nitrogens with one attached hydrogen (secondary N) is 1. The van der Waals surface area contributed by atoms with E-state index in [0.29, 0.717) is 19.5 Å². The standard InChI is InChI=1S/C15H23N3O2.ClH/c16-7-6-15(19)17-12-14(13-4-2-1-3-5-13)18-8-10-20-11-9-18;/h1-5,14H,6-12,16H2,(H,17,19);1H. The van der Waals surface area contributed by atoms with Crippen molar-refractivity contribution in [1.29, 1.82) is 0 Å². The highest BCUT2D eigenvalue weighted by molar-refractivity contribution is 5.85. The monoisotopic (exact) mass is 313 g/mol. The maximum absolute atomic E-state index is 11.6. The Balaban J connectivity index is 0.00000220. The Morgan fingerprint density at radius 3 is 2.57 bits per heavy atom. The highest BCUT2D eigenvalue weighted by Crippen LogP contribution is 2.20. The molecule has 0 bridgehead atoms. The molecule has 1 saturated heterocycles. The molecule has 0 spiro atoms. The molecule has 1 heterocycles. The molecule has 0 aromatic heterocycles. The Bertz CT molecular complexity index is 411. The molecular weight excluding hydrogens is 290 g/mol. The van der Waals surface area contributed by atoms with E-state index in [9.17, 15) is 4.79 Å². The molecule has 3 N–H and O–H groups in total. The molecule has 1 aromatic rings. The van der Waals surface area contributed by atoms with Crippen LogP contribution in [0.15, 0.2) is 30.3 Å². The van der Waals surface area contributed by atoms with E-state index in [1.807, 2.05) is 18.2 Å². The van der Waals surface area contributed by atoms with Crippen molar-refractivity contribution in [1.82, 2.24) is 10.2 Å². The summed E-state index contributed by atoms with van der Waals surface area (Å²) in [7, 11) is 0. The first kappa shape index (κ1) is 17.9. The summed E-state index contributed by atoms with van der Waals surface area (Å²) in [5.41, 5.74) is 6.63. The van der Waals surface area contributed by atoms with Crippen LogP contribution in [0.5, 0.6) is 0 Å². The lowest BCUT2D eigenvalue weighted by Gasteiger charge is -2.35. The molecule has 0 saturated carbocycles. The van der Waals surface area contributed by atoms with Crippen LogP contribution in [0.2, 0.25) is 0 Å². The molecule has 6 heteroatoms. The predicted octanol–water partition coefficient (Wildman–Crippen LogP) is 0.947. The highest BCUT2D eigenvalue weighted by Gasteiger charge is 2.22. The average Bonchev–Trinajstić information content (AvgIpc) is 2.50. The van der Waals surface area contributed by atoms with E-state index >= 15 is 0 Å². The lowest BCUT2D eigenvalue weighted by molar-refractivity contribution is -0.121. The summed E-state index contributed by atoms with van der Waals surface area (Å²) in [5, 5.41) is 2.98. The Morgan fingerprint density at radius 1 is 1.29 bits per heavy atom. The Morgan fingerprint density at radius 2 is 1.95 bits per heavy atom. The number of amides is 1. The van der Waals surface area contributed by atoms with E-state index in [1.54, 1.807) is 0 Å². The fraction of sp³-hybridized carbons (Fsp3) is 0.533. The molecule has 1 atom stereocenters. The molecule has 1 fully saturated rings. The van der Waals surface area contributed by atoms with Gasteiger partial charge in [-0.3, -0.25) is 9.69 Å². The first-order chi connectivity index (χ1) is 9.81. The van der Waals surface area contributed by atoms with Crippen molar-refractivity contribution in [2.75, 3.05) is 39.4 Å². The zero-order valence-electron chi connectivity index (χ0n) is 12.2. The van der Waals surface area contributed by atoms with E-state index < -0.39 is 0 Å². The first-order valence-electron chi connectivity index (χ1n) is 7.15. The minimum absolute atomic E-state index is 0. The van der Waals surface area contributed by atoms with E-state index in [1.165, 1.54) is 5.56 Å². The van der Waals surface area contributed by atoms with Crippen LogP contribution in [-0.2, 0) is 9.53 Å². The van der Waals surface area contributed by atoms with Gasteiger partial charge in [0.05, 0.1) is 19.3 Å². The van der Waals surface area contributed by atoms with Crippen LogP contribution >= 0.6 is 12.4 Å². The summed E-state index contributed by atoms with van der Waals surface area (Å²) in [5.74, 6) is 0.0155. The normalized spacial score (nSPS) is 16.8. The van der Waals surface area contributed by atoms with Gasteiger partial charge >= 0.3 is 0 Å². The largest absolute Gasteiger partial charge is 0.379 e. The SMILES string of the molecule is Cl.NCCC(=O)NCC(c1ccccc1)N1CCOCC1. The van der Waals surface area contributed by atoms with Crippen molar-refractivity contribution in [3.63, 3.8) is 0 Å². The maximum Gasteiger partial charge on any atom is 0.221 e. The van der Waals surface area contributed by atoms with Gasteiger partial charge in [-0.2, -0.15) is 0 Å². The van der Waals surface area contributed by atoms with Crippen LogP contribution in [0.3, 0.4) is 0 Å². The van der Waals surface area contributed by atoms with Gasteiger partial charge in [0.25, 0.3) is 0 Å². The van der Waals surface area contributed by atoms with Gasteiger partial charge < -0.3 is 15.8 Å². The summed E-state index contributed by atoms with van der Waals surface area (Å²) in [6, 6.07) is 10.5. The summed E-state index contributed by atoms with van der Waals surface area (Å²) >= 11 is 0. The van der Waals surface area contributed by atoms with Crippen LogP contribution < -0.4 is 11.1 Å². The van der Waals surface area contributed by atoms with Gasteiger partial charge in [-0.1, -0.05) is 30.3 Å². The second kappa shape index (κ2) is 9.73. The molecule has 118 valence electrons. The molecule has 1 amide bonds. The Hall–Kier alpha value is -1.14. The van der Waals surface area contributed by atoms with Crippen LogP contribution in [0.25, 0.3) is 0 Å². The van der Waals surface area contributed by atoms with Crippen molar-refractivity contribution in [2.45, 2.75) is 12.5 Å². The van der Waals surface area contributed by atoms with Crippen molar-refractivity contribution in [2.24, 2.45) is 5.73 Å². The number of hydrogen-bond acceptors (Lipinski definition) is 4. The quantitative estimate of drug-likeness (QED) is 0.820.